The summed E-state index contributed by atoms with van der Waals surface area (Å²) in [4.78, 5) is 0. The fourth-order valence-corrected chi connectivity index (χ4v) is 6.09. The first kappa shape index (κ1) is 23.3. The molecule has 0 aliphatic rings. The molecule has 0 heteroatoms. The molecule has 37 heavy (non-hydrogen) atoms. The molecule has 0 saturated carbocycles. The van der Waals surface area contributed by atoms with E-state index in [0.717, 1.165) is 0 Å². The lowest BCUT2D eigenvalue weighted by Crippen LogP contribution is -1.92. The Bertz CT molecular complexity index is 1670. The fourth-order valence-electron chi connectivity index (χ4n) is 6.09. The summed E-state index contributed by atoms with van der Waals surface area (Å²) in [6.07, 6.45) is 0. The van der Waals surface area contributed by atoms with Crippen LogP contribution in [0.1, 0.15) is 27.8 Å². The predicted molar refractivity (Wildman–Crippen MR) is 161 cm³/mol. The molecule has 0 fully saturated rings. The molecule has 0 unspecified atom stereocenters. The van der Waals surface area contributed by atoms with Crippen molar-refractivity contribution in [2.45, 2.75) is 34.6 Å². The van der Waals surface area contributed by atoms with Crippen LogP contribution < -0.4 is 0 Å². The number of hydrogen-bond acceptors (Lipinski definition) is 0. The third-order valence-corrected chi connectivity index (χ3v) is 7.80. The van der Waals surface area contributed by atoms with Crippen LogP contribution in [0.2, 0.25) is 0 Å². The largest absolute Gasteiger partial charge is 0.0617 e. The number of fused-ring (bicyclic) bond motifs is 2. The Morgan fingerprint density at radius 3 is 1.24 bits per heavy atom. The van der Waals surface area contributed by atoms with Gasteiger partial charge in [-0.3, -0.25) is 0 Å². The molecule has 0 amide bonds. The summed E-state index contributed by atoms with van der Waals surface area (Å²) < 4.78 is 0. The van der Waals surface area contributed by atoms with E-state index < -0.39 is 0 Å². The van der Waals surface area contributed by atoms with Crippen LogP contribution >= 0.6 is 0 Å². The van der Waals surface area contributed by atoms with E-state index in [1.807, 2.05) is 0 Å². The summed E-state index contributed by atoms with van der Waals surface area (Å²) in [6.45, 7) is 11.0. The van der Waals surface area contributed by atoms with Gasteiger partial charge in [-0.2, -0.15) is 0 Å². The Hall–Kier alpha value is -4.16. The van der Waals surface area contributed by atoms with Crippen LogP contribution in [0, 0.1) is 34.6 Å². The fraction of sp³-hybridized carbons (Fsp3) is 0.135. The summed E-state index contributed by atoms with van der Waals surface area (Å²) in [6, 6.07) is 38.5. The molecule has 0 atom stereocenters. The summed E-state index contributed by atoms with van der Waals surface area (Å²) >= 11 is 0. The smallest absolute Gasteiger partial charge is 0.00267 e. The second-order valence-corrected chi connectivity index (χ2v) is 10.5. The van der Waals surface area contributed by atoms with Gasteiger partial charge in [0.1, 0.15) is 0 Å². The number of aryl methyl sites for hydroxylation is 5. The standard InChI is InChI=1S/C37H32/c1-23-9-6-14-28(19-23)37-33-17-15-29(35-24(2)10-7-11-25(35)3)20-31(33)22-32-21-30(16-18-34(32)37)36-26(4)12-8-13-27(36)5/h6-22H,1-5H3. The maximum Gasteiger partial charge on any atom is -0.00267 e. The summed E-state index contributed by atoms with van der Waals surface area (Å²) in [5.74, 6) is 0. The molecule has 0 nitrogen and oxygen atoms in total. The molecule has 180 valence electrons. The van der Waals surface area contributed by atoms with Crippen LogP contribution in [0.3, 0.4) is 0 Å². The maximum atomic E-state index is 2.39. The molecule has 0 radical (unpaired) electrons. The van der Waals surface area contributed by atoms with Crippen molar-refractivity contribution in [2.75, 3.05) is 0 Å². The van der Waals surface area contributed by atoms with E-state index in [1.165, 1.54) is 82.7 Å². The SMILES string of the molecule is Cc1cccc(-c2c3ccc(-c4c(C)cccc4C)cc3cc3cc(-c4c(C)cccc4C)ccc23)c1. The minimum absolute atomic E-state index is 1.27. The van der Waals surface area contributed by atoms with Crippen molar-refractivity contribution in [3.63, 3.8) is 0 Å². The van der Waals surface area contributed by atoms with Crippen LogP contribution in [0.5, 0.6) is 0 Å². The van der Waals surface area contributed by atoms with Crippen molar-refractivity contribution < 1.29 is 0 Å². The molecular weight excluding hydrogens is 444 g/mol. The number of benzene rings is 6. The van der Waals surface area contributed by atoms with Gasteiger partial charge in [0.05, 0.1) is 0 Å². The number of hydrogen-bond donors (Lipinski definition) is 0. The molecule has 6 aromatic carbocycles. The summed E-state index contributed by atoms with van der Waals surface area (Å²) in [5.41, 5.74) is 14.4. The topological polar surface area (TPSA) is 0 Å². The van der Waals surface area contributed by atoms with Gasteiger partial charge in [-0.05, 0) is 130 Å². The lowest BCUT2D eigenvalue weighted by molar-refractivity contribution is 1.38. The minimum atomic E-state index is 1.27. The molecule has 6 aromatic rings. The van der Waals surface area contributed by atoms with Crippen LogP contribution in [0.15, 0.2) is 103 Å². The van der Waals surface area contributed by atoms with Gasteiger partial charge in [0.15, 0.2) is 0 Å². The van der Waals surface area contributed by atoms with E-state index >= 15 is 0 Å². The normalized spacial score (nSPS) is 11.4. The van der Waals surface area contributed by atoms with Crippen molar-refractivity contribution in [1.29, 1.82) is 0 Å². The van der Waals surface area contributed by atoms with Crippen LogP contribution in [0.25, 0.3) is 54.9 Å². The zero-order chi connectivity index (χ0) is 25.7. The second-order valence-electron chi connectivity index (χ2n) is 10.5. The van der Waals surface area contributed by atoms with Crippen LogP contribution in [0.4, 0.5) is 0 Å². The maximum absolute atomic E-state index is 2.39. The zero-order valence-corrected chi connectivity index (χ0v) is 22.3. The molecule has 0 N–H and O–H groups in total. The van der Waals surface area contributed by atoms with Gasteiger partial charge in [-0.1, -0.05) is 90.5 Å². The van der Waals surface area contributed by atoms with Gasteiger partial charge in [-0.15, -0.1) is 0 Å². The molecular formula is C37H32. The van der Waals surface area contributed by atoms with E-state index in [2.05, 4.69) is 138 Å². The van der Waals surface area contributed by atoms with Crippen molar-refractivity contribution >= 4 is 21.5 Å². The molecule has 0 aliphatic heterocycles. The van der Waals surface area contributed by atoms with Crippen LogP contribution in [-0.2, 0) is 0 Å². The van der Waals surface area contributed by atoms with Gasteiger partial charge < -0.3 is 0 Å². The second kappa shape index (κ2) is 9.05. The van der Waals surface area contributed by atoms with Crippen molar-refractivity contribution in [2.24, 2.45) is 0 Å². The quantitative estimate of drug-likeness (QED) is 0.223. The monoisotopic (exact) mass is 476 g/mol. The van der Waals surface area contributed by atoms with Crippen LogP contribution in [-0.4, -0.2) is 0 Å². The van der Waals surface area contributed by atoms with Crippen molar-refractivity contribution in [3.8, 4) is 33.4 Å². The molecule has 0 aromatic heterocycles. The Morgan fingerprint density at radius 2 is 0.784 bits per heavy atom. The van der Waals surface area contributed by atoms with E-state index in [1.54, 1.807) is 0 Å². The molecule has 0 heterocycles. The molecule has 0 bridgehead atoms. The average Bonchev–Trinajstić information content (AvgIpc) is 2.87. The molecule has 0 saturated heterocycles. The highest BCUT2D eigenvalue weighted by molar-refractivity contribution is 6.14. The van der Waals surface area contributed by atoms with Crippen molar-refractivity contribution in [3.05, 3.63) is 131 Å². The number of rotatable bonds is 3. The lowest BCUT2D eigenvalue weighted by Gasteiger charge is -2.17. The Morgan fingerprint density at radius 1 is 0.351 bits per heavy atom. The van der Waals surface area contributed by atoms with Gasteiger partial charge in [0, 0.05) is 0 Å². The first-order valence-electron chi connectivity index (χ1n) is 13.1. The van der Waals surface area contributed by atoms with E-state index in [-0.39, 0.29) is 0 Å². The Kier molecular flexibility index (Phi) is 5.69. The highest BCUT2D eigenvalue weighted by Crippen LogP contribution is 2.41. The van der Waals surface area contributed by atoms with E-state index in [0.29, 0.717) is 0 Å². The van der Waals surface area contributed by atoms with Gasteiger partial charge >= 0.3 is 0 Å². The van der Waals surface area contributed by atoms with E-state index in [4.69, 9.17) is 0 Å². The first-order chi connectivity index (χ1) is 17.9. The van der Waals surface area contributed by atoms with Gasteiger partial charge in [0.25, 0.3) is 0 Å². The predicted octanol–water partition coefficient (Wildman–Crippen LogP) is 10.5. The van der Waals surface area contributed by atoms with Gasteiger partial charge in [0.2, 0.25) is 0 Å². The summed E-state index contributed by atoms with van der Waals surface area (Å²) in [7, 11) is 0. The molecule has 0 aliphatic carbocycles. The third-order valence-electron chi connectivity index (χ3n) is 7.80. The van der Waals surface area contributed by atoms with Crippen molar-refractivity contribution in [1.82, 2.24) is 0 Å². The first-order valence-corrected chi connectivity index (χ1v) is 13.1. The minimum Gasteiger partial charge on any atom is -0.0617 e. The highest BCUT2D eigenvalue weighted by Gasteiger charge is 2.14. The molecule has 6 rings (SSSR count). The van der Waals surface area contributed by atoms with Gasteiger partial charge in [-0.25, -0.2) is 0 Å². The Labute approximate surface area is 220 Å². The molecule has 0 spiro atoms. The Balaban J connectivity index is 1.68. The lowest BCUT2D eigenvalue weighted by atomic mass is 9.87. The van der Waals surface area contributed by atoms with E-state index in [9.17, 15) is 0 Å². The zero-order valence-electron chi connectivity index (χ0n) is 22.3. The third kappa shape index (κ3) is 4.03. The highest BCUT2D eigenvalue weighted by atomic mass is 14.2. The average molecular weight is 477 g/mol. The summed E-state index contributed by atoms with van der Waals surface area (Å²) in [5, 5.41) is 5.16.